The number of carbonyl (C=O) groups is 1. The second-order valence-corrected chi connectivity index (χ2v) is 7.42. The maximum atomic E-state index is 12.5. The van der Waals surface area contributed by atoms with Crippen LogP contribution in [0.15, 0.2) is 48.5 Å². The number of benzene rings is 2. The number of nitrogens with zero attached hydrogens (tertiary/aromatic N) is 1. The van der Waals surface area contributed by atoms with Crippen molar-refractivity contribution < 1.29 is 4.79 Å². The fraction of sp³-hybridized carbons (Fsp3) is 0.350. The molecule has 1 atom stereocenters. The normalized spacial score (nSPS) is 18.1. The Labute approximate surface area is 158 Å². The number of halogens is 2. The van der Waals surface area contributed by atoms with Crippen molar-refractivity contribution in [3.8, 4) is 0 Å². The molecule has 3 nitrogen and oxygen atoms in total. The molecule has 1 heterocycles. The Bertz CT molecular complexity index is 701. The van der Waals surface area contributed by atoms with Crippen molar-refractivity contribution in [3.63, 3.8) is 0 Å². The minimum Gasteiger partial charge on any atom is -0.352 e. The minimum absolute atomic E-state index is 0.0494. The van der Waals surface area contributed by atoms with Gasteiger partial charge in [-0.05, 0) is 54.8 Å². The highest BCUT2D eigenvalue weighted by atomic mass is 35.5. The molecule has 5 heteroatoms. The lowest BCUT2D eigenvalue weighted by Crippen LogP contribution is -2.42. The van der Waals surface area contributed by atoms with Crippen LogP contribution in [0.3, 0.4) is 0 Å². The van der Waals surface area contributed by atoms with Gasteiger partial charge in [0.05, 0.1) is 5.92 Å². The Hall–Kier alpha value is -1.55. The summed E-state index contributed by atoms with van der Waals surface area (Å²) in [5, 5.41) is 4.51. The van der Waals surface area contributed by atoms with Crippen LogP contribution in [0, 0.1) is 5.92 Å². The minimum atomic E-state index is 0.0494. The molecule has 1 aliphatic heterocycles. The van der Waals surface area contributed by atoms with E-state index in [1.165, 1.54) is 5.56 Å². The van der Waals surface area contributed by atoms with Crippen molar-refractivity contribution in [2.75, 3.05) is 13.1 Å². The molecule has 1 unspecified atom stereocenters. The van der Waals surface area contributed by atoms with E-state index in [2.05, 4.69) is 10.2 Å². The molecule has 0 aromatic heterocycles. The first kappa shape index (κ1) is 18.2. The predicted molar refractivity (Wildman–Crippen MR) is 103 cm³/mol. The van der Waals surface area contributed by atoms with Gasteiger partial charge in [-0.2, -0.15) is 0 Å². The number of amides is 1. The number of carbonyl (C=O) groups excluding carboxylic acids is 1. The standard InChI is InChI=1S/C20H22Cl2N2O/c21-18-7-3-15(4-8-18)12-23-20(25)17-2-1-11-24(14-17)13-16-5-9-19(22)10-6-16/h3-10,17H,1-2,11-14H2,(H,23,25). The van der Waals surface area contributed by atoms with Gasteiger partial charge in [0.15, 0.2) is 0 Å². The highest BCUT2D eigenvalue weighted by Gasteiger charge is 2.25. The van der Waals surface area contributed by atoms with Crippen molar-refractivity contribution in [2.45, 2.75) is 25.9 Å². The van der Waals surface area contributed by atoms with Gasteiger partial charge >= 0.3 is 0 Å². The SMILES string of the molecule is O=C(NCc1ccc(Cl)cc1)C1CCCN(Cc2ccc(Cl)cc2)C1. The first-order valence-electron chi connectivity index (χ1n) is 8.59. The summed E-state index contributed by atoms with van der Waals surface area (Å²) in [5.74, 6) is 0.184. The molecule has 2 aromatic rings. The van der Waals surface area contributed by atoms with Gasteiger partial charge in [-0.1, -0.05) is 47.5 Å². The van der Waals surface area contributed by atoms with Crippen molar-refractivity contribution in [1.29, 1.82) is 0 Å². The molecule has 2 aromatic carbocycles. The molecule has 3 rings (SSSR count). The van der Waals surface area contributed by atoms with Gasteiger partial charge in [0.2, 0.25) is 5.91 Å². The van der Waals surface area contributed by atoms with Gasteiger partial charge in [-0.25, -0.2) is 0 Å². The van der Waals surface area contributed by atoms with Crippen LogP contribution in [0.25, 0.3) is 0 Å². The van der Waals surface area contributed by atoms with Crippen LogP contribution >= 0.6 is 23.2 Å². The molecular formula is C20H22Cl2N2O. The first-order valence-corrected chi connectivity index (χ1v) is 9.35. The van der Waals surface area contributed by atoms with Crippen LogP contribution in [0.2, 0.25) is 10.0 Å². The molecule has 0 bridgehead atoms. The summed E-state index contributed by atoms with van der Waals surface area (Å²) in [7, 11) is 0. The Morgan fingerprint density at radius 3 is 2.24 bits per heavy atom. The highest BCUT2D eigenvalue weighted by Crippen LogP contribution is 2.20. The Morgan fingerprint density at radius 2 is 1.60 bits per heavy atom. The molecule has 1 fully saturated rings. The van der Waals surface area contributed by atoms with E-state index in [1.807, 2.05) is 48.5 Å². The van der Waals surface area contributed by atoms with E-state index in [0.717, 1.165) is 43.1 Å². The molecule has 132 valence electrons. The van der Waals surface area contributed by atoms with E-state index in [9.17, 15) is 4.79 Å². The molecular weight excluding hydrogens is 355 g/mol. The van der Waals surface area contributed by atoms with Crippen LogP contribution in [-0.2, 0) is 17.9 Å². The number of likely N-dealkylation sites (tertiary alicyclic amines) is 1. The molecule has 1 amide bonds. The van der Waals surface area contributed by atoms with E-state index >= 15 is 0 Å². The lowest BCUT2D eigenvalue weighted by molar-refractivity contribution is -0.126. The summed E-state index contributed by atoms with van der Waals surface area (Å²) in [4.78, 5) is 14.8. The van der Waals surface area contributed by atoms with Crippen molar-refractivity contribution >= 4 is 29.1 Å². The van der Waals surface area contributed by atoms with Crippen molar-refractivity contribution in [3.05, 3.63) is 69.7 Å². The fourth-order valence-corrected chi connectivity index (χ4v) is 3.45. The third-order valence-electron chi connectivity index (χ3n) is 4.58. The Morgan fingerprint density at radius 1 is 1.00 bits per heavy atom. The lowest BCUT2D eigenvalue weighted by Gasteiger charge is -2.32. The maximum absolute atomic E-state index is 12.5. The summed E-state index contributed by atoms with van der Waals surface area (Å²) >= 11 is 11.8. The monoisotopic (exact) mass is 376 g/mol. The quantitative estimate of drug-likeness (QED) is 0.831. The van der Waals surface area contributed by atoms with E-state index in [0.29, 0.717) is 11.6 Å². The zero-order valence-electron chi connectivity index (χ0n) is 14.1. The maximum Gasteiger partial charge on any atom is 0.224 e. The second-order valence-electron chi connectivity index (χ2n) is 6.55. The number of piperidine rings is 1. The van der Waals surface area contributed by atoms with Crippen LogP contribution in [0.1, 0.15) is 24.0 Å². The third-order valence-corrected chi connectivity index (χ3v) is 5.08. The topological polar surface area (TPSA) is 32.3 Å². The molecule has 0 radical (unpaired) electrons. The Kier molecular flexibility index (Phi) is 6.35. The van der Waals surface area contributed by atoms with Crippen LogP contribution in [0.5, 0.6) is 0 Å². The molecule has 1 aliphatic rings. The van der Waals surface area contributed by atoms with Crippen LogP contribution in [0.4, 0.5) is 0 Å². The molecule has 1 saturated heterocycles. The number of hydrogen-bond acceptors (Lipinski definition) is 2. The Balaban J connectivity index is 1.50. The van der Waals surface area contributed by atoms with Crippen LogP contribution in [-0.4, -0.2) is 23.9 Å². The zero-order chi connectivity index (χ0) is 17.6. The first-order chi connectivity index (χ1) is 12.1. The number of rotatable bonds is 5. The number of nitrogens with one attached hydrogen (secondary N) is 1. The predicted octanol–water partition coefficient (Wildman–Crippen LogP) is 4.52. The smallest absolute Gasteiger partial charge is 0.224 e. The van der Waals surface area contributed by atoms with Crippen molar-refractivity contribution in [1.82, 2.24) is 10.2 Å². The average Bonchev–Trinajstić information content (AvgIpc) is 2.63. The van der Waals surface area contributed by atoms with Gasteiger partial charge in [-0.3, -0.25) is 9.69 Å². The van der Waals surface area contributed by atoms with Gasteiger partial charge in [0, 0.05) is 29.7 Å². The van der Waals surface area contributed by atoms with E-state index < -0.39 is 0 Å². The van der Waals surface area contributed by atoms with E-state index in [1.54, 1.807) is 0 Å². The average molecular weight is 377 g/mol. The summed E-state index contributed by atoms with van der Waals surface area (Å²) in [5.41, 5.74) is 2.29. The molecule has 0 saturated carbocycles. The third kappa shape index (κ3) is 5.46. The molecule has 1 N–H and O–H groups in total. The largest absolute Gasteiger partial charge is 0.352 e. The highest BCUT2D eigenvalue weighted by molar-refractivity contribution is 6.30. The van der Waals surface area contributed by atoms with Crippen LogP contribution < -0.4 is 5.32 Å². The van der Waals surface area contributed by atoms with Crippen molar-refractivity contribution in [2.24, 2.45) is 5.92 Å². The van der Waals surface area contributed by atoms with Gasteiger partial charge < -0.3 is 5.32 Å². The van der Waals surface area contributed by atoms with Gasteiger partial charge in [0.25, 0.3) is 0 Å². The fourth-order valence-electron chi connectivity index (χ4n) is 3.20. The summed E-state index contributed by atoms with van der Waals surface area (Å²) in [6.07, 6.45) is 2.00. The van der Waals surface area contributed by atoms with Gasteiger partial charge in [-0.15, -0.1) is 0 Å². The van der Waals surface area contributed by atoms with E-state index in [-0.39, 0.29) is 11.8 Å². The summed E-state index contributed by atoms with van der Waals surface area (Å²) in [6.45, 7) is 3.24. The van der Waals surface area contributed by atoms with Gasteiger partial charge in [0.1, 0.15) is 0 Å². The number of hydrogen-bond donors (Lipinski definition) is 1. The second kappa shape index (κ2) is 8.70. The van der Waals surface area contributed by atoms with E-state index in [4.69, 9.17) is 23.2 Å². The summed E-state index contributed by atoms with van der Waals surface area (Å²) < 4.78 is 0. The molecule has 0 spiro atoms. The molecule has 0 aliphatic carbocycles. The molecule has 25 heavy (non-hydrogen) atoms. The summed E-state index contributed by atoms with van der Waals surface area (Å²) in [6, 6.07) is 15.5. The zero-order valence-corrected chi connectivity index (χ0v) is 15.6. The lowest BCUT2D eigenvalue weighted by atomic mass is 9.96.